The first-order chi connectivity index (χ1) is 15.0. The van der Waals surface area contributed by atoms with E-state index < -0.39 is 40.3 Å². The summed E-state index contributed by atoms with van der Waals surface area (Å²) in [6, 6.07) is 6.87. The van der Waals surface area contributed by atoms with Gasteiger partial charge in [-0.1, -0.05) is 29.3 Å². The van der Waals surface area contributed by atoms with Gasteiger partial charge < -0.3 is 10.2 Å². The van der Waals surface area contributed by atoms with Crippen molar-refractivity contribution < 1.29 is 24.1 Å². The maximum absolute atomic E-state index is 12.8. The molecule has 1 N–H and O–H groups in total. The first-order valence-electron chi connectivity index (χ1n) is 9.18. The average Bonchev–Trinajstić information content (AvgIpc) is 2.99. The molecule has 0 bridgehead atoms. The number of nitrogens with one attached hydrogen (secondary N) is 1. The quantitative estimate of drug-likeness (QED) is 0.385. The molecule has 0 radical (unpaired) electrons. The number of carbonyl (C=O) groups is 4. The highest BCUT2D eigenvalue weighted by atomic mass is 35.5. The van der Waals surface area contributed by atoms with Gasteiger partial charge in [0.05, 0.1) is 27.1 Å². The molecule has 0 unspecified atom stereocenters. The molecule has 2 aromatic carbocycles. The molecule has 0 aromatic heterocycles. The summed E-state index contributed by atoms with van der Waals surface area (Å²) in [5.41, 5.74) is -0.658. The Hall–Kier alpha value is -3.50. The van der Waals surface area contributed by atoms with Gasteiger partial charge in [0.25, 0.3) is 17.5 Å². The van der Waals surface area contributed by atoms with Crippen molar-refractivity contribution in [3.05, 3.63) is 67.7 Å². The highest BCUT2D eigenvalue weighted by Crippen LogP contribution is 2.32. The van der Waals surface area contributed by atoms with E-state index in [4.69, 9.17) is 23.2 Å². The second kappa shape index (κ2) is 8.93. The Balaban J connectivity index is 1.72. The Kier molecular flexibility index (Phi) is 6.47. The molecule has 0 saturated heterocycles. The highest BCUT2D eigenvalue weighted by molar-refractivity contribution is 6.42. The number of benzene rings is 2. The third-order valence-electron chi connectivity index (χ3n) is 4.83. The van der Waals surface area contributed by atoms with Gasteiger partial charge in [-0.3, -0.25) is 34.2 Å². The molecule has 1 aliphatic rings. The number of imide groups is 1. The predicted molar refractivity (Wildman–Crippen MR) is 116 cm³/mol. The summed E-state index contributed by atoms with van der Waals surface area (Å²) in [4.78, 5) is 62.7. The maximum Gasteiger partial charge on any atom is 0.282 e. The predicted octanol–water partition coefficient (Wildman–Crippen LogP) is 2.98. The largest absolute Gasteiger partial charge is 0.335 e. The molecule has 0 fully saturated rings. The van der Waals surface area contributed by atoms with E-state index in [2.05, 4.69) is 5.32 Å². The van der Waals surface area contributed by atoms with E-state index >= 15 is 0 Å². The van der Waals surface area contributed by atoms with E-state index in [0.29, 0.717) is 15.6 Å². The third-order valence-corrected chi connectivity index (χ3v) is 5.57. The van der Waals surface area contributed by atoms with Gasteiger partial charge in [-0.25, -0.2) is 0 Å². The van der Waals surface area contributed by atoms with Gasteiger partial charge in [0.2, 0.25) is 11.8 Å². The summed E-state index contributed by atoms with van der Waals surface area (Å²) in [5.74, 6) is -3.01. The minimum atomic E-state index is -1.29. The van der Waals surface area contributed by atoms with Crippen LogP contribution in [0.25, 0.3) is 0 Å². The first-order valence-corrected chi connectivity index (χ1v) is 9.93. The Labute approximate surface area is 191 Å². The number of nitro groups is 1. The van der Waals surface area contributed by atoms with E-state index in [1.54, 1.807) is 0 Å². The summed E-state index contributed by atoms with van der Waals surface area (Å²) in [6.07, 6.45) is 0. The zero-order valence-electron chi connectivity index (χ0n) is 16.8. The van der Waals surface area contributed by atoms with Crippen LogP contribution in [-0.2, 0) is 9.59 Å². The lowest BCUT2D eigenvalue weighted by molar-refractivity contribution is -0.385. The molecule has 0 spiro atoms. The van der Waals surface area contributed by atoms with E-state index in [1.165, 1.54) is 44.3 Å². The number of nitro benzene ring substituents is 1. The van der Waals surface area contributed by atoms with Crippen molar-refractivity contribution in [3.8, 4) is 0 Å². The maximum atomic E-state index is 12.8. The summed E-state index contributed by atoms with van der Waals surface area (Å²) in [6.45, 7) is 0.927. The Morgan fingerprint density at radius 1 is 1.16 bits per heavy atom. The number of amides is 4. The Morgan fingerprint density at radius 2 is 1.84 bits per heavy atom. The lowest BCUT2D eigenvalue weighted by atomic mass is 10.1. The van der Waals surface area contributed by atoms with Crippen LogP contribution in [0.2, 0.25) is 10.0 Å². The highest BCUT2D eigenvalue weighted by Gasteiger charge is 2.45. The molecule has 2 aromatic rings. The molecule has 0 saturated carbocycles. The van der Waals surface area contributed by atoms with Crippen LogP contribution in [0.3, 0.4) is 0 Å². The Bertz CT molecular complexity index is 1170. The van der Waals surface area contributed by atoms with E-state index in [-0.39, 0.29) is 22.7 Å². The molecule has 166 valence electrons. The molecular weight excluding hydrogens is 463 g/mol. The number of likely N-dealkylation sites (N-methyl/N-ethyl adjacent to an activating group) is 1. The smallest absolute Gasteiger partial charge is 0.282 e. The lowest BCUT2D eigenvalue weighted by Gasteiger charge is -2.26. The van der Waals surface area contributed by atoms with E-state index in [1.807, 2.05) is 0 Å². The van der Waals surface area contributed by atoms with E-state index in [9.17, 15) is 29.3 Å². The summed E-state index contributed by atoms with van der Waals surface area (Å²) < 4.78 is 0. The number of halogens is 2. The van der Waals surface area contributed by atoms with Crippen LogP contribution in [-0.4, -0.2) is 58.0 Å². The zero-order valence-corrected chi connectivity index (χ0v) is 18.3. The van der Waals surface area contributed by atoms with Crippen LogP contribution in [0.1, 0.15) is 27.6 Å². The Morgan fingerprint density at radius 3 is 2.47 bits per heavy atom. The number of anilines is 1. The normalized spacial score (nSPS) is 13.6. The zero-order chi connectivity index (χ0) is 23.7. The molecule has 3 rings (SSSR count). The minimum absolute atomic E-state index is 0.149. The molecule has 1 aliphatic heterocycles. The van der Waals surface area contributed by atoms with Crippen LogP contribution in [0.15, 0.2) is 36.4 Å². The van der Waals surface area contributed by atoms with Crippen molar-refractivity contribution in [2.75, 3.05) is 18.9 Å². The fraction of sp³-hybridized carbons (Fsp3) is 0.200. The summed E-state index contributed by atoms with van der Waals surface area (Å²) in [5, 5.41) is 14.3. The van der Waals surface area contributed by atoms with Crippen molar-refractivity contribution >= 4 is 58.2 Å². The fourth-order valence-electron chi connectivity index (χ4n) is 3.29. The topological polar surface area (TPSA) is 130 Å². The molecule has 12 heteroatoms. The molecule has 1 heterocycles. The summed E-state index contributed by atoms with van der Waals surface area (Å²) >= 11 is 11.7. The van der Waals surface area contributed by atoms with Gasteiger partial charge in [-0.2, -0.15) is 0 Å². The summed E-state index contributed by atoms with van der Waals surface area (Å²) in [7, 11) is 1.33. The van der Waals surface area contributed by atoms with Crippen LogP contribution in [0.5, 0.6) is 0 Å². The number of fused-ring (bicyclic) bond motifs is 1. The van der Waals surface area contributed by atoms with Crippen LogP contribution < -0.4 is 5.32 Å². The molecular formula is C20H16Cl2N4O6. The number of rotatable bonds is 6. The van der Waals surface area contributed by atoms with Crippen molar-refractivity contribution in [2.24, 2.45) is 0 Å². The fourth-order valence-corrected chi connectivity index (χ4v) is 3.58. The standard InChI is InChI=1S/C20H16Cl2N4O6/c1-10(25-19(29)12-4-3-5-15(26(31)32)17(12)20(25)30)18(28)24(2)9-16(27)23-11-6-7-13(21)14(22)8-11/h3-8,10H,9H2,1-2H3,(H,23,27)/t10-/m0/s1. The minimum Gasteiger partial charge on any atom is -0.335 e. The average molecular weight is 479 g/mol. The second-order valence-electron chi connectivity index (χ2n) is 6.98. The number of hydrogen-bond donors (Lipinski definition) is 1. The van der Waals surface area contributed by atoms with Crippen molar-refractivity contribution in [3.63, 3.8) is 0 Å². The van der Waals surface area contributed by atoms with Crippen molar-refractivity contribution in [2.45, 2.75) is 13.0 Å². The molecule has 10 nitrogen and oxygen atoms in total. The van der Waals surface area contributed by atoms with E-state index in [0.717, 1.165) is 11.0 Å². The second-order valence-corrected chi connectivity index (χ2v) is 7.80. The number of carbonyl (C=O) groups excluding carboxylic acids is 4. The van der Waals surface area contributed by atoms with Gasteiger partial charge in [0, 0.05) is 18.8 Å². The number of nitrogens with zero attached hydrogens (tertiary/aromatic N) is 3. The van der Waals surface area contributed by atoms with Gasteiger partial charge in [-0.05, 0) is 31.2 Å². The lowest BCUT2D eigenvalue weighted by Crippen LogP contribution is -2.49. The van der Waals surface area contributed by atoms with Gasteiger partial charge in [-0.15, -0.1) is 0 Å². The van der Waals surface area contributed by atoms with Crippen LogP contribution in [0.4, 0.5) is 11.4 Å². The molecule has 1 atom stereocenters. The first kappa shape index (κ1) is 23.2. The SMILES string of the molecule is C[C@@H](C(=O)N(C)CC(=O)Nc1ccc(Cl)c(Cl)c1)N1C(=O)c2cccc([N+](=O)[O-])c2C1=O. The number of hydrogen-bond acceptors (Lipinski definition) is 6. The molecule has 4 amide bonds. The van der Waals surface area contributed by atoms with Crippen LogP contribution in [0, 0.1) is 10.1 Å². The molecule has 32 heavy (non-hydrogen) atoms. The van der Waals surface area contributed by atoms with Gasteiger partial charge in [0.1, 0.15) is 11.6 Å². The third kappa shape index (κ3) is 4.27. The van der Waals surface area contributed by atoms with Crippen molar-refractivity contribution in [1.82, 2.24) is 9.80 Å². The van der Waals surface area contributed by atoms with Gasteiger partial charge >= 0.3 is 0 Å². The molecule has 0 aliphatic carbocycles. The van der Waals surface area contributed by atoms with Crippen molar-refractivity contribution in [1.29, 1.82) is 0 Å². The van der Waals surface area contributed by atoms with Gasteiger partial charge in [0.15, 0.2) is 0 Å². The monoisotopic (exact) mass is 478 g/mol. The van der Waals surface area contributed by atoms with Crippen LogP contribution >= 0.6 is 23.2 Å².